The number of nitrogens with zero attached hydrogens (tertiary/aromatic N) is 3. The molecule has 0 radical (unpaired) electrons. The fourth-order valence-electron chi connectivity index (χ4n) is 3.10. The second-order valence-electron chi connectivity index (χ2n) is 6.56. The first-order valence-electron chi connectivity index (χ1n) is 9.12. The molecule has 27 heavy (non-hydrogen) atoms. The molecular weight excluding hydrogens is 338 g/mol. The molecule has 6 nitrogen and oxygen atoms in total. The number of amides is 1. The number of nitrogens with one attached hydrogen (secondary N) is 1. The molecular formula is C21H25N5O. The number of aromatic nitrogens is 3. The second kappa shape index (κ2) is 8.60. The van der Waals surface area contributed by atoms with E-state index in [-0.39, 0.29) is 5.91 Å². The van der Waals surface area contributed by atoms with Crippen molar-refractivity contribution in [3.05, 3.63) is 71.3 Å². The molecule has 2 heterocycles. The summed E-state index contributed by atoms with van der Waals surface area (Å²) in [5, 5.41) is 7.40. The summed E-state index contributed by atoms with van der Waals surface area (Å²) in [5.74, 6) is -0.169. The van der Waals surface area contributed by atoms with Crippen LogP contribution >= 0.6 is 0 Å². The van der Waals surface area contributed by atoms with Crippen molar-refractivity contribution in [2.75, 3.05) is 6.54 Å². The van der Waals surface area contributed by atoms with Crippen molar-refractivity contribution in [2.24, 2.45) is 5.73 Å². The minimum absolute atomic E-state index is 0.169. The van der Waals surface area contributed by atoms with Crippen molar-refractivity contribution in [3.8, 4) is 11.1 Å². The Morgan fingerprint density at radius 2 is 2.04 bits per heavy atom. The summed E-state index contributed by atoms with van der Waals surface area (Å²) >= 11 is 0. The van der Waals surface area contributed by atoms with E-state index in [1.54, 1.807) is 6.20 Å². The molecule has 3 aromatic rings. The largest absolute Gasteiger partial charge is 0.351 e. The fourth-order valence-corrected chi connectivity index (χ4v) is 3.10. The third-order valence-corrected chi connectivity index (χ3v) is 4.43. The molecule has 0 bridgehead atoms. The highest BCUT2D eigenvalue weighted by Gasteiger charge is 2.14. The van der Waals surface area contributed by atoms with Gasteiger partial charge in [-0.15, -0.1) is 0 Å². The zero-order valence-corrected chi connectivity index (χ0v) is 15.8. The first-order valence-corrected chi connectivity index (χ1v) is 9.12. The standard InChI is InChI=1S/C21H25N5O/c1-15-12-16(2)26(25-15)11-5-10-24-21(27)20-19(8-4-9-23-20)18-7-3-6-17(13-18)14-22/h3-4,6-9,12-13H,5,10-11,14,22H2,1-2H3,(H,24,27). The summed E-state index contributed by atoms with van der Waals surface area (Å²) in [7, 11) is 0. The molecule has 6 heteroatoms. The quantitative estimate of drug-likeness (QED) is 0.632. The maximum atomic E-state index is 12.7. The van der Waals surface area contributed by atoms with Crippen molar-refractivity contribution >= 4 is 5.91 Å². The van der Waals surface area contributed by atoms with E-state index in [9.17, 15) is 4.79 Å². The molecule has 1 amide bonds. The maximum Gasteiger partial charge on any atom is 0.270 e. The van der Waals surface area contributed by atoms with Crippen LogP contribution in [0.25, 0.3) is 11.1 Å². The third kappa shape index (κ3) is 4.60. The van der Waals surface area contributed by atoms with Crippen molar-refractivity contribution in [1.82, 2.24) is 20.1 Å². The van der Waals surface area contributed by atoms with Crippen molar-refractivity contribution < 1.29 is 4.79 Å². The van der Waals surface area contributed by atoms with E-state index in [1.165, 1.54) is 0 Å². The summed E-state index contributed by atoms with van der Waals surface area (Å²) in [6.07, 6.45) is 2.44. The van der Waals surface area contributed by atoms with Crippen LogP contribution in [0.15, 0.2) is 48.7 Å². The minimum atomic E-state index is -0.169. The lowest BCUT2D eigenvalue weighted by Gasteiger charge is -2.11. The van der Waals surface area contributed by atoms with Crippen LogP contribution in [0.4, 0.5) is 0 Å². The van der Waals surface area contributed by atoms with Crippen molar-refractivity contribution in [1.29, 1.82) is 0 Å². The van der Waals surface area contributed by atoms with Gasteiger partial charge in [0.05, 0.1) is 5.69 Å². The number of pyridine rings is 1. The Bertz CT molecular complexity index is 932. The van der Waals surface area contributed by atoms with Crippen LogP contribution in [-0.4, -0.2) is 27.2 Å². The summed E-state index contributed by atoms with van der Waals surface area (Å²) in [5.41, 5.74) is 11.1. The van der Waals surface area contributed by atoms with E-state index in [0.29, 0.717) is 18.8 Å². The maximum absolute atomic E-state index is 12.7. The van der Waals surface area contributed by atoms with Gasteiger partial charge in [0.1, 0.15) is 5.69 Å². The molecule has 3 rings (SSSR count). The average Bonchev–Trinajstić information content (AvgIpc) is 3.02. The van der Waals surface area contributed by atoms with E-state index >= 15 is 0 Å². The second-order valence-corrected chi connectivity index (χ2v) is 6.56. The molecule has 1 aromatic carbocycles. The van der Waals surface area contributed by atoms with Gasteiger partial charge < -0.3 is 11.1 Å². The molecule has 0 aliphatic heterocycles. The van der Waals surface area contributed by atoms with Crippen molar-refractivity contribution in [3.63, 3.8) is 0 Å². The highest BCUT2D eigenvalue weighted by Crippen LogP contribution is 2.23. The number of carbonyl (C=O) groups excluding carboxylic acids is 1. The van der Waals surface area contributed by atoms with Crippen LogP contribution in [0.1, 0.15) is 33.9 Å². The first-order chi connectivity index (χ1) is 13.1. The Balaban J connectivity index is 1.65. The Morgan fingerprint density at radius 1 is 1.19 bits per heavy atom. The number of hydrogen-bond donors (Lipinski definition) is 2. The monoisotopic (exact) mass is 363 g/mol. The molecule has 140 valence electrons. The molecule has 0 saturated carbocycles. The molecule has 0 saturated heterocycles. The van der Waals surface area contributed by atoms with Crippen LogP contribution in [0, 0.1) is 13.8 Å². The summed E-state index contributed by atoms with van der Waals surface area (Å²) < 4.78 is 1.96. The van der Waals surface area contributed by atoms with Gasteiger partial charge in [0.25, 0.3) is 5.91 Å². The minimum Gasteiger partial charge on any atom is -0.351 e. The molecule has 0 spiro atoms. The predicted octanol–water partition coefficient (Wildman–Crippen LogP) is 2.84. The number of nitrogens with two attached hydrogens (primary N) is 1. The highest BCUT2D eigenvalue weighted by atomic mass is 16.1. The molecule has 3 N–H and O–H groups in total. The van der Waals surface area contributed by atoms with Gasteiger partial charge >= 0.3 is 0 Å². The van der Waals surface area contributed by atoms with Crippen LogP contribution in [0.2, 0.25) is 0 Å². The van der Waals surface area contributed by atoms with Crippen LogP contribution in [-0.2, 0) is 13.1 Å². The molecule has 2 aromatic heterocycles. The van der Waals surface area contributed by atoms with Gasteiger partial charge in [-0.05, 0) is 49.6 Å². The fraction of sp³-hybridized carbons (Fsp3) is 0.286. The van der Waals surface area contributed by atoms with Gasteiger partial charge in [-0.3, -0.25) is 14.5 Å². The highest BCUT2D eigenvalue weighted by molar-refractivity contribution is 5.98. The lowest BCUT2D eigenvalue weighted by molar-refractivity contribution is 0.0948. The van der Waals surface area contributed by atoms with E-state index in [0.717, 1.165) is 41.0 Å². The number of aryl methyl sites for hydroxylation is 3. The summed E-state index contributed by atoms with van der Waals surface area (Å²) in [6.45, 7) is 5.81. The molecule has 0 unspecified atom stereocenters. The Morgan fingerprint density at radius 3 is 2.78 bits per heavy atom. The Kier molecular flexibility index (Phi) is 5.98. The first kappa shape index (κ1) is 18.8. The van der Waals surface area contributed by atoms with E-state index in [1.807, 2.05) is 61.0 Å². The predicted molar refractivity (Wildman–Crippen MR) is 106 cm³/mol. The summed E-state index contributed by atoms with van der Waals surface area (Å²) in [6, 6.07) is 13.7. The third-order valence-electron chi connectivity index (χ3n) is 4.43. The lowest BCUT2D eigenvalue weighted by Crippen LogP contribution is -2.27. The number of hydrogen-bond acceptors (Lipinski definition) is 4. The van der Waals surface area contributed by atoms with Crippen LogP contribution in [0.3, 0.4) is 0 Å². The molecule has 0 aliphatic carbocycles. The van der Waals surface area contributed by atoms with Crippen molar-refractivity contribution in [2.45, 2.75) is 33.4 Å². The average molecular weight is 363 g/mol. The topological polar surface area (TPSA) is 85.8 Å². The smallest absolute Gasteiger partial charge is 0.270 e. The molecule has 0 fully saturated rings. The molecule has 0 atom stereocenters. The van der Waals surface area contributed by atoms with Gasteiger partial charge in [-0.1, -0.05) is 24.3 Å². The van der Waals surface area contributed by atoms with Gasteiger partial charge in [0.2, 0.25) is 0 Å². The van der Waals surface area contributed by atoms with Crippen LogP contribution in [0.5, 0.6) is 0 Å². The Labute approximate surface area is 159 Å². The van der Waals surface area contributed by atoms with Crippen LogP contribution < -0.4 is 11.1 Å². The SMILES string of the molecule is Cc1cc(C)n(CCCNC(=O)c2ncccc2-c2cccc(CN)c2)n1. The van der Waals surface area contributed by atoms with E-state index in [4.69, 9.17) is 5.73 Å². The van der Waals surface area contributed by atoms with E-state index < -0.39 is 0 Å². The zero-order valence-electron chi connectivity index (χ0n) is 15.8. The van der Waals surface area contributed by atoms with Gasteiger partial charge in [-0.25, -0.2) is 0 Å². The van der Waals surface area contributed by atoms with E-state index in [2.05, 4.69) is 15.4 Å². The van der Waals surface area contributed by atoms with Gasteiger partial charge in [0, 0.05) is 37.1 Å². The number of benzene rings is 1. The van der Waals surface area contributed by atoms with Gasteiger partial charge in [0.15, 0.2) is 0 Å². The number of rotatable bonds is 7. The Hall–Kier alpha value is -2.99. The zero-order chi connectivity index (χ0) is 19.2. The normalized spacial score (nSPS) is 10.8. The summed E-state index contributed by atoms with van der Waals surface area (Å²) in [4.78, 5) is 17.0. The number of carbonyl (C=O) groups is 1. The lowest BCUT2D eigenvalue weighted by atomic mass is 10.0. The van der Waals surface area contributed by atoms with Gasteiger partial charge in [-0.2, -0.15) is 5.10 Å². The molecule has 0 aliphatic rings.